The van der Waals surface area contributed by atoms with Crippen LogP contribution in [-0.4, -0.2) is 58.8 Å². The quantitative estimate of drug-likeness (QED) is 0.390. The van der Waals surface area contributed by atoms with Crippen molar-refractivity contribution in [1.82, 2.24) is 20.1 Å². The van der Waals surface area contributed by atoms with Crippen LogP contribution in [0.5, 0.6) is 11.5 Å². The second kappa shape index (κ2) is 13.0. The van der Waals surface area contributed by atoms with Gasteiger partial charge in [-0.25, -0.2) is 4.39 Å². The van der Waals surface area contributed by atoms with Gasteiger partial charge in [-0.1, -0.05) is 12.1 Å². The SMILES string of the molecule is CCOC(=O)C1CCCN(C(=O)CCc2nnc(-c3ccc(OCc4cccc(F)c4)c(OC)c3)[nH]c2=O)C1. The Morgan fingerprint density at radius 2 is 2.00 bits per heavy atom. The van der Waals surface area contributed by atoms with E-state index in [1.54, 1.807) is 42.2 Å². The maximum absolute atomic E-state index is 13.4. The number of halogens is 1. The third-order valence-corrected chi connectivity index (χ3v) is 6.45. The van der Waals surface area contributed by atoms with Crippen molar-refractivity contribution in [1.29, 1.82) is 0 Å². The zero-order chi connectivity index (χ0) is 27.8. The summed E-state index contributed by atoms with van der Waals surface area (Å²) in [6, 6.07) is 11.1. The van der Waals surface area contributed by atoms with Crippen molar-refractivity contribution in [2.75, 3.05) is 26.8 Å². The molecular weight excluding hydrogens is 507 g/mol. The molecule has 1 atom stereocenters. The van der Waals surface area contributed by atoms with Gasteiger partial charge in [0.2, 0.25) is 5.91 Å². The molecule has 2 heterocycles. The van der Waals surface area contributed by atoms with Crippen LogP contribution in [0, 0.1) is 11.7 Å². The molecule has 206 valence electrons. The summed E-state index contributed by atoms with van der Waals surface area (Å²) < 4.78 is 29.7. The van der Waals surface area contributed by atoms with E-state index in [1.807, 2.05) is 0 Å². The van der Waals surface area contributed by atoms with Gasteiger partial charge in [0.15, 0.2) is 17.3 Å². The maximum Gasteiger partial charge on any atom is 0.310 e. The molecule has 0 aliphatic carbocycles. The van der Waals surface area contributed by atoms with Gasteiger partial charge in [0.05, 0.1) is 19.6 Å². The Bertz CT molecular complexity index is 1380. The van der Waals surface area contributed by atoms with E-state index in [0.717, 1.165) is 6.42 Å². The predicted molar refractivity (Wildman–Crippen MR) is 140 cm³/mol. The summed E-state index contributed by atoms with van der Waals surface area (Å²) in [7, 11) is 1.49. The fourth-order valence-electron chi connectivity index (χ4n) is 4.42. The summed E-state index contributed by atoms with van der Waals surface area (Å²) in [6.45, 7) is 3.10. The molecule has 10 nitrogen and oxygen atoms in total. The predicted octanol–water partition coefficient (Wildman–Crippen LogP) is 3.29. The molecule has 39 heavy (non-hydrogen) atoms. The first-order valence-corrected chi connectivity index (χ1v) is 12.8. The summed E-state index contributed by atoms with van der Waals surface area (Å²) in [6.07, 6.45) is 1.62. The second-order valence-electron chi connectivity index (χ2n) is 9.16. The second-order valence-corrected chi connectivity index (χ2v) is 9.16. The first-order valence-electron chi connectivity index (χ1n) is 12.8. The van der Waals surface area contributed by atoms with E-state index in [9.17, 15) is 18.8 Å². The molecule has 1 saturated heterocycles. The molecule has 0 saturated carbocycles. The number of aromatic amines is 1. The fourth-order valence-corrected chi connectivity index (χ4v) is 4.42. The van der Waals surface area contributed by atoms with Gasteiger partial charge in [-0.05, 0) is 55.7 Å². The van der Waals surface area contributed by atoms with E-state index in [2.05, 4.69) is 15.2 Å². The number of amides is 1. The molecule has 0 bridgehead atoms. The Hall–Kier alpha value is -4.28. The number of aromatic nitrogens is 3. The van der Waals surface area contributed by atoms with Gasteiger partial charge in [-0.2, -0.15) is 0 Å². The number of methoxy groups -OCH3 is 1. The minimum atomic E-state index is -0.443. The Morgan fingerprint density at radius 3 is 2.74 bits per heavy atom. The van der Waals surface area contributed by atoms with Gasteiger partial charge < -0.3 is 24.1 Å². The molecule has 4 rings (SSSR count). The monoisotopic (exact) mass is 538 g/mol. The number of aryl methyl sites for hydroxylation is 1. The highest BCUT2D eigenvalue weighted by molar-refractivity contribution is 5.78. The number of hydrogen-bond donors (Lipinski definition) is 1. The molecular formula is C28H31FN4O6. The first kappa shape index (κ1) is 27.7. The number of benzene rings is 2. The van der Waals surface area contributed by atoms with Gasteiger partial charge in [-0.15, -0.1) is 10.2 Å². The lowest BCUT2D eigenvalue weighted by Gasteiger charge is -2.31. The number of ether oxygens (including phenoxy) is 3. The van der Waals surface area contributed by atoms with Crippen LogP contribution in [0.25, 0.3) is 11.4 Å². The van der Waals surface area contributed by atoms with Crippen LogP contribution in [0.1, 0.15) is 37.4 Å². The van der Waals surface area contributed by atoms with E-state index in [1.165, 1.54) is 19.2 Å². The lowest BCUT2D eigenvalue weighted by atomic mass is 9.98. The summed E-state index contributed by atoms with van der Waals surface area (Å²) in [5, 5.41) is 8.19. The highest BCUT2D eigenvalue weighted by Crippen LogP contribution is 2.31. The minimum absolute atomic E-state index is 0.0812. The topological polar surface area (TPSA) is 124 Å². The number of esters is 1. The van der Waals surface area contributed by atoms with Crippen LogP contribution in [0.15, 0.2) is 47.3 Å². The highest BCUT2D eigenvalue weighted by atomic mass is 19.1. The van der Waals surface area contributed by atoms with Gasteiger partial charge in [0.25, 0.3) is 5.56 Å². The van der Waals surface area contributed by atoms with E-state index in [4.69, 9.17) is 14.2 Å². The molecule has 1 amide bonds. The Labute approximate surface area is 225 Å². The number of rotatable bonds is 10. The maximum atomic E-state index is 13.4. The third kappa shape index (κ3) is 7.18. The van der Waals surface area contributed by atoms with Crippen LogP contribution in [0.4, 0.5) is 4.39 Å². The zero-order valence-electron chi connectivity index (χ0n) is 21.9. The third-order valence-electron chi connectivity index (χ3n) is 6.45. The Kier molecular flexibility index (Phi) is 9.24. The summed E-state index contributed by atoms with van der Waals surface area (Å²) >= 11 is 0. The number of carbonyl (C=O) groups is 2. The average Bonchev–Trinajstić information content (AvgIpc) is 2.95. The normalized spacial score (nSPS) is 15.1. The number of nitrogens with one attached hydrogen (secondary N) is 1. The van der Waals surface area contributed by atoms with Crippen molar-refractivity contribution in [3.05, 3.63) is 69.9 Å². The number of hydrogen-bond acceptors (Lipinski definition) is 8. The lowest BCUT2D eigenvalue weighted by molar-refractivity contribution is -0.151. The average molecular weight is 539 g/mol. The minimum Gasteiger partial charge on any atom is -0.493 e. The van der Waals surface area contributed by atoms with E-state index in [-0.39, 0.29) is 54.6 Å². The fraction of sp³-hybridized carbons (Fsp3) is 0.393. The molecule has 2 aromatic carbocycles. The molecule has 1 N–H and O–H groups in total. The van der Waals surface area contributed by atoms with E-state index >= 15 is 0 Å². The zero-order valence-corrected chi connectivity index (χ0v) is 21.9. The largest absolute Gasteiger partial charge is 0.493 e. The summed E-state index contributed by atoms with van der Waals surface area (Å²) in [5.74, 6) is -0.00668. The molecule has 1 aromatic heterocycles. The number of piperidine rings is 1. The van der Waals surface area contributed by atoms with Gasteiger partial charge >= 0.3 is 5.97 Å². The van der Waals surface area contributed by atoms with Crippen LogP contribution < -0.4 is 15.0 Å². The van der Waals surface area contributed by atoms with Crippen molar-refractivity contribution in [3.8, 4) is 22.9 Å². The van der Waals surface area contributed by atoms with Crippen LogP contribution in [0.2, 0.25) is 0 Å². The lowest BCUT2D eigenvalue weighted by Crippen LogP contribution is -2.43. The van der Waals surface area contributed by atoms with Crippen molar-refractivity contribution in [2.24, 2.45) is 5.92 Å². The number of carbonyl (C=O) groups excluding carboxylic acids is 2. The van der Waals surface area contributed by atoms with Crippen molar-refractivity contribution in [3.63, 3.8) is 0 Å². The van der Waals surface area contributed by atoms with Gasteiger partial charge in [0.1, 0.15) is 18.1 Å². The van der Waals surface area contributed by atoms with Gasteiger partial charge in [0, 0.05) is 31.5 Å². The standard InChI is InChI=1S/C28H31FN4O6/c1-3-38-28(36)20-7-5-13-33(16-20)25(34)12-10-22-27(35)30-26(32-31-22)19-9-11-23(24(15-19)37-2)39-17-18-6-4-8-21(29)14-18/h4,6,8-9,11,14-15,20H,3,5,7,10,12-13,16-17H2,1-2H3,(H,30,32,35). The van der Waals surface area contributed by atoms with Crippen LogP contribution in [-0.2, 0) is 27.4 Å². The van der Waals surface area contributed by atoms with Crippen LogP contribution >= 0.6 is 0 Å². The molecule has 1 fully saturated rings. The molecule has 0 radical (unpaired) electrons. The molecule has 1 aliphatic heterocycles. The number of H-pyrrole nitrogens is 1. The number of likely N-dealkylation sites (tertiary alicyclic amines) is 1. The van der Waals surface area contributed by atoms with E-state index in [0.29, 0.717) is 48.7 Å². The smallest absolute Gasteiger partial charge is 0.310 e. The number of nitrogens with zero attached hydrogens (tertiary/aromatic N) is 3. The molecule has 3 aromatic rings. The molecule has 1 unspecified atom stereocenters. The van der Waals surface area contributed by atoms with Crippen molar-refractivity contribution < 1.29 is 28.2 Å². The summed E-state index contributed by atoms with van der Waals surface area (Å²) in [4.78, 5) is 41.8. The van der Waals surface area contributed by atoms with Crippen molar-refractivity contribution in [2.45, 2.75) is 39.2 Å². The van der Waals surface area contributed by atoms with Gasteiger partial charge in [-0.3, -0.25) is 14.4 Å². The highest BCUT2D eigenvalue weighted by Gasteiger charge is 2.29. The van der Waals surface area contributed by atoms with E-state index < -0.39 is 5.56 Å². The Morgan fingerprint density at radius 1 is 1.15 bits per heavy atom. The Balaban J connectivity index is 1.37. The van der Waals surface area contributed by atoms with Crippen molar-refractivity contribution >= 4 is 11.9 Å². The molecule has 0 spiro atoms. The molecule has 11 heteroatoms. The van der Waals surface area contributed by atoms with Crippen LogP contribution in [0.3, 0.4) is 0 Å². The molecule has 1 aliphatic rings. The summed E-state index contributed by atoms with van der Waals surface area (Å²) in [5.41, 5.74) is 0.925. The first-order chi connectivity index (χ1) is 18.9.